The molecule has 0 N–H and O–H groups in total. The maximum Gasteiger partial charge on any atom is 0.278 e. The number of hydrogen-bond donors (Lipinski definition) is 0. The second-order valence-electron chi connectivity index (χ2n) is 9.69. The van der Waals surface area contributed by atoms with Crippen molar-refractivity contribution in [2.75, 3.05) is 0 Å². The maximum atomic E-state index is 15.6. The monoisotopic (exact) mass is 531 g/mol. The molecule has 2 aliphatic rings. The Morgan fingerprint density at radius 3 is 2.45 bits per heavy atom. The molecule has 0 bridgehead atoms. The van der Waals surface area contributed by atoms with E-state index in [2.05, 4.69) is 17.1 Å². The van der Waals surface area contributed by atoms with Gasteiger partial charge in [-0.3, -0.25) is 0 Å². The second-order valence-corrected chi connectivity index (χ2v) is 10.1. The van der Waals surface area contributed by atoms with Gasteiger partial charge in [-0.05, 0) is 54.2 Å². The highest BCUT2D eigenvalue weighted by Gasteiger charge is 2.42. The van der Waals surface area contributed by atoms with Crippen LogP contribution in [-0.4, -0.2) is 4.98 Å². The summed E-state index contributed by atoms with van der Waals surface area (Å²) in [5.74, 6) is -0.297. The lowest BCUT2D eigenvalue weighted by Gasteiger charge is -2.24. The van der Waals surface area contributed by atoms with Crippen LogP contribution in [0.3, 0.4) is 0 Å². The quantitative estimate of drug-likeness (QED) is 0.252. The Bertz CT molecular complexity index is 1550. The van der Waals surface area contributed by atoms with Crippen LogP contribution in [0.25, 0.3) is 11.1 Å². The molecule has 4 aromatic rings. The molecule has 0 saturated carbocycles. The predicted octanol–water partition coefficient (Wildman–Crippen LogP) is 8.06. The van der Waals surface area contributed by atoms with Crippen molar-refractivity contribution in [1.82, 2.24) is 4.98 Å². The summed E-state index contributed by atoms with van der Waals surface area (Å²) < 4.78 is 47.9. The molecule has 1 aromatic heterocycles. The van der Waals surface area contributed by atoms with Gasteiger partial charge in [0, 0.05) is 29.5 Å². The van der Waals surface area contributed by atoms with E-state index in [0.29, 0.717) is 29.0 Å². The van der Waals surface area contributed by atoms with Gasteiger partial charge in [0.15, 0.2) is 17.9 Å². The highest BCUT2D eigenvalue weighted by Crippen LogP contribution is 2.50. The van der Waals surface area contributed by atoms with E-state index in [9.17, 15) is 4.39 Å². The third-order valence-electron chi connectivity index (χ3n) is 7.09. The van der Waals surface area contributed by atoms with Crippen molar-refractivity contribution in [2.24, 2.45) is 11.8 Å². The van der Waals surface area contributed by atoms with E-state index < -0.39 is 11.6 Å². The number of halogens is 3. The van der Waals surface area contributed by atoms with Gasteiger partial charge in [-0.25, -0.2) is 13.8 Å². The van der Waals surface area contributed by atoms with Crippen LogP contribution in [0.15, 0.2) is 95.9 Å². The zero-order valence-corrected chi connectivity index (χ0v) is 21.3. The molecule has 6 rings (SSSR count). The van der Waals surface area contributed by atoms with Crippen LogP contribution < -0.4 is 9.47 Å². The molecule has 4 nitrogen and oxygen atoms in total. The van der Waals surface area contributed by atoms with Crippen molar-refractivity contribution in [3.8, 4) is 22.6 Å². The Kier molecular flexibility index (Phi) is 6.28. The van der Waals surface area contributed by atoms with E-state index in [4.69, 9.17) is 25.5 Å². The van der Waals surface area contributed by atoms with Crippen molar-refractivity contribution >= 4 is 11.6 Å². The fourth-order valence-corrected chi connectivity index (χ4v) is 5.35. The van der Waals surface area contributed by atoms with Crippen LogP contribution in [0, 0.1) is 23.5 Å². The zero-order chi connectivity index (χ0) is 26.3. The first kappa shape index (κ1) is 24.4. The summed E-state index contributed by atoms with van der Waals surface area (Å²) in [4.78, 5) is 4.00. The van der Waals surface area contributed by atoms with E-state index in [0.717, 1.165) is 17.7 Å². The van der Waals surface area contributed by atoms with Gasteiger partial charge in [0.05, 0.1) is 11.8 Å². The van der Waals surface area contributed by atoms with E-state index in [1.807, 2.05) is 18.2 Å². The number of nitrogens with zero attached hydrogens (tertiary/aromatic N) is 1. The summed E-state index contributed by atoms with van der Waals surface area (Å²) in [5.41, 5.74) is 2.01. The molecule has 3 aromatic carbocycles. The number of benzene rings is 3. The van der Waals surface area contributed by atoms with Crippen molar-refractivity contribution in [1.29, 1.82) is 0 Å². The van der Waals surface area contributed by atoms with Gasteiger partial charge >= 0.3 is 0 Å². The van der Waals surface area contributed by atoms with Crippen molar-refractivity contribution < 1.29 is 22.7 Å². The molecule has 7 heteroatoms. The molecule has 3 atom stereocenters. The fraction of sp³-hybridized carbons (Fsp3) is 0.194. The lowest BCUT2D eigenvalue weighted by atomic mass is 9.81. The first-order valence-corrected chi connectivity index (χ1v) is 12.7. The number of oxazole rings is 1. The normalized spacial score (nSPS) is 21.7. The number of allylic oxidation sites excluding steroid dienone is 4. The van der Waals surface area contributed by atoms with Gasteiger partial charge < -0.3 is 13.9 Å². The molecular formula is C31H24ClF2NO3. The molecule has 2 heterocycles. The Morgan fingerprint density at radius 1 is 0.895 bits per heavy atom. The van der Waals surface area contributed by atoms with Crippen LogP contribution in [0.4, 0.5) is 8.78 Å². The average Bonchev–Trinajstić information content (AvgIpc) is 3.52. The Balaban J connectivity index is 1.25. The number of aromatic nitrogens is 1. The molecule has 1 aliphatic heterocycles. The Hall–Kier alpha value is -3.90. The van der Waals surface area contributed by atoms with Crippen molar-refractivity contribution in [3.05, 3.63) is 125 Å². The first-order chi connectivity index (χ1) is 18.4. The van der Waals surface area contributed by atoms with Crippen molar-refractivity contribution in [3.63, 3.8) is 0 Å². The number of rotatable bonds is 6. The molecule has 0 saturated heterocycles. The van der Waals surface area contributed by atoms with E-state index >= 15 is 4.39 Å². The largest absolute Gasteiger partial charge is 0.449 e. The Morgan fingerprint density at radius 2 is 1.71 bits per heavy atom. The lowest BCUT2D eigenvalue weighted by molar-refractivity contribution is -0.0705. The minimum absolute atomic E-state index is 0.197. The van der Waals surface area contributed by atoms with Crippen LogP contribution in [0.2, 0.25) is 5.02 Å². The zero-order valence-electron chi connectivity index (χ0n) is 20.5. The van der Waals surface area contributed by atoms with E-state index in [-0.39, 0.29) is 28.2 Å². The van der Waals surface area contributed by atoms with Gasteiger partial charge in [0.1, 0.15) is 17.4 Å². The highest BCUT2D eigenvalue weighted by molar-refractivity contribution is 6.30. The van der Waals surface area contributed by atoms with Gasteiger partial charge in [-0.2, -0.15) is 0 Å². The lowest BCUT2D eigenvalue weighted by Crippen LogP contribution is -2.32. The fourth-order valence-electron chi connectivity index (χ4n) is 5.20. The third kappa shape index (κ3) is 4.61. The first-order valence-electron chi connectivity index (χ1n) is 12.4. The standard InChI is InChI=1S/C31H24ClF2NO3/c1-31(26-12-10-22(32)16-28(26)34)37-29-8-4-7-25(30(29)38-31)24-11-9-19(14-27(24)33)13-20-5-2-3-6-21(20)15-23-17-35-18-36-23/h2-12,14,16-18,20-21H,13,15H2,1H3. The highest BCUT2D eigenvalue weighted by atomic mass is 35.5. The molecule has 3 unspecified atom stereocenters. The molecule has 192 valence electrons. The van der Waals surface area contributed by atoms with Gasteiger partial charge in [0.25, 0.3) is 5.79 Å². The van der Waals surface area contributed by atoms with Crippen LogP contribution in [0.5, 0.6) is 11.5 Å². The summed E-state index contributed by atoms with van der Waals surface area (Å²) in [6.45, 7) is 1.63. The molecule has 38 heavy (non-hydrogen) atoms. The average molecular weight is 532 g/mol. The summed E-state index contributed by atoms with van der Waals surface area (Å²) in [6, 6.07) is 14.8. The molecule has 0 radical (unpaired) electrons. The Labute approximate surface area is 224 Å². The maximum absolute atomic E-state index is 15.6. The smallest absolute Gasteiger partial charge is 0.278 e. The number of fused-ring (bicyclic) bond motifs is 1. The minimum atomic E-state index is -1.41. The number of para-hydroxylation sites is 1. The SMILES string of the molecule is CC1(c2ccc(Cl)cc2F)Oc2cccc(-c3ccc(CC4C=CC=CC4Cc4cnco4)cc3F)c2O1. The summed E-state index contributed by atoms with van der Waals surface area (Å²) in [6.07, 6.45) is 12.9. The summed E-state index contributed by atoms with van der Waals surface area (Å²) in [7, 11) is 0. The summed E-state index contributed by atoms with van der Waals surface area (Å²) in [5, 5.41) is 0.275. The van der Waals surface area contributed by atoms with Crippen LogP contribution >= 0.6 is 11.6 Å². The molecular weight excluding hydrogens is 508 g/mol. The van der Waals surface area contributed by atoms with Gasteiger partial charge in [-0.15, -0.1) is 0 Å². The molecule has 0 spiro atoms. The third-order valence-corrected chi connectivity index (χ3v) is 7.33. The van der Waals surface area contributed by atoms with Gasteiger partial charge in [0.2, 0.25) is 0 Å². The van der Waals surface area contributed by atoms with E-state index in [1.54, 1.807) is 49.5 Å². The number of ether oxygens (including phenoxy) is 2. The van der Waals surface area contributed by atoms with Gasteiger partial charge in [-0.1, -0.05) is 60.2 Å². The molecule has 1 aliphatic carbocycles. The predicted molar refractivity (Wildman–Crippen MR) is 141 cm³/mol. The van der Waals surface area contributed by atoms with Crippen molar-refractivity contribution in [2.45, 2.75) is 25.6 Å². The molecule has 0 fully saturated rings. The number of hydrogen-bond acceptors (Lipinski definition) is 4. The van der Waals surface area contributed by atoms with Crippen LogP contribution in [-0.2, 0) is 18.6 Å². The summed E-state index contributed by atoms with van der Waals surface area (Å²) >= 11 is 5.92. The van der Waals surface area contributed by atoms with E-state index in [1.165, 1.54) is 18.5 Å². The topological polar surface area (TPSA) is 44.5 Å². The minimum Gasteiger partial charge on any atom is -0.449 e. The van der Waals surface area contributed by atoms with Crippen LogP contribution in [0.1, 0.15) is 23.8 Å². The molecule has 0 amide bonds. The second kappa shape index (κ2) is 9.76.